The van der Waals surface area contributed by atoms with Crippen molar-refractivity contribution in [2.45, 2.75) is 18.9 Å². The van der Waals surface area contributed by atoms with Crippen molar-refractivity contribution < 1.29 is 43.7 Å². The third-order valence-corrected chi connectivity index (χ3v) is 3.05. The molecule has 0 aliphatic heterocycles. The molecule has 0 radical (unpaired) electrons. The van der Waals surface area contributed by atoms with E-state index in [9.17, 15) is 0 Å². The Morgan fingerprint density at radius 2 is 0.885 bits per heavy atom. The number of aliphatic hydroxyl groups excluding tert-OH is 3. The van der Waals surface area contributed by atoms with E-state index in [0.29, 0.717) is 72.7 Å². The monoisotopic (exact) mass is 384 g/mol. The summed E-state index contributed by atoms with van der Waals surface area (Å²) in [6.45, 7) is 4.82. The topological polar surface area (TPSA) is 116 Å². The van der Waals surface area contributed by atoms with Crippen LogP contribution in [0.1, 0.15) is 12.8 Å². The Morgan fingerprint density at radius 3 is 1.46 bits per heavy atom. The molecule has 0 fully saturated rings. The molecule has 0 spiro atoms. The Kier molecular flexibility index (Phi) is 22.4. The molecule has 0 aliphatic rings. The normalized spacial score (nSPS) is 12.6. The summed E-state index contributed by atoms with van der Waals surface area (Å²) >= 11 is 0. The van der Waals surface area contributed by atoms with Crippen molar-refractivity contribution in [2.75, 3.05) is 92.5 Å². The van der Waals surface area contributed by atoms with Crippen LogP contribution in [0, 0.1) is 0 Å². The minimum atomic E-state index is -0.191. The zero-order valence-electron chi connectivity index (χ0n) is 15.7. The van der Waals surface area contributed by atoms with Crippen LogP contribution in [0.3, 0.4) is 0 Å². The third-order valence-electron chi connectivity index (χ3n) is 3.05. The van der Waals surface area contributed by atoms with Gasteiger partial charge in [0.1, 0.15) is 6.10 Å². The van der Waals surface area contributed by atoms with E-state index in [1.165, 1.54) is 0 Å². The lowest BCUT2D eigenvalue weighted by atomic mass is 10.4. The summed E-state index contributed by atoms with van der Waals surface area (Å²) in [5, 5.41) is 25.9. The van der Waals surface area contributed by atoms with Gasteiger partial charge in [-0.2, -0.15) is 0 Å². The van der Waals surface area contributed by atoms with Gasteiger partial charge in [-0.3, -0.25) is 0 Å². The second kappa shape index (κ2) is 22.7. The number of aliphatic hydroxyl groups is 3. The minimum Gasteiger partial charge on any atom is -0.394 e. The maximum absolute atomic E-state index is 8.64. The Bertz CT molecular complexity index is 240. The van der Waals surface area contributed by atoms with Gasteiger partial charge < -0.3 is 43.7 Å². The largest absolute Gasteiger partial charge is 0.394 e. The highest BCUT2D eigenvalue weighted by molar-refractivity contribution is 4.56. The first kappa shape index (κ1) is 25.6. The highest BCUT2D eigenvalue weighted by atomic mass is 16.6. The van der Waals surface area contributed by atoms with Crippen molar-refractivity contribution in [1.82, 2.24) is 0 Å². The molecule has 3 N–H and O–H groups in total. The van der Waals surface area contributed by atoms with Crippen molar-refractivity contribution in [3.8, 4) is 0 Å². The second-order valence-corrected chi connectivity index (χ2v) is 5.36. The molecular formula is C17H36O9. The van der Waals surface area contributed by atoms with E-state index in [-0.39, 0.29) is 25.9 Å². The van der Waals surface area contributed by atoms with Crippen LogP contribution >= 0.6 is 0 Å². The van der Waals surface area contributed by atoms with Gasteiger partial charge in [-0.15, -0.1) is 0 Å². The van der Waals surface area contributed by atoms with Gasteiger partial charge >= 0.3 is 0 Å². The van der Waals surface area contributed by atoms with E-state index in [4.69, 9.17) is 43.7 Å². The molecule has 0 aliphatic carbocycles. The fourth-order valence-corrected chi connectivity index (χ4v) is 1.87. The number of hydrogen-bond acceptors (Lipinski definition) is 9. The quantitative estimate of drug-likeness (QED) is 0.207. The summed E-state index contributed by atoms with van der Waals surface area (Å²) in [6.07, 6.45) is 1.28. The molecule has 26 heavy (non-hydrogen) atoms. The molecular weight excluding hydrogens is 348 g/mol. The average molecular weight is 384 g/mol. The van der Waals surface area contributed by atoms with Crippen molar-refractivity contribution in [1.29, 1.82) is 0 Å². The van der Waals surface area contributed by atoms with Crippen LogP contribution in [0.25, 0.3) is 0 Å². The zero-order chi connectivity index (χ0) is 19.1. The van der Waals surface area contributed by atoms with Crippen LogP contribution in [-0.4, -0.2) is 114 Å². The van der Waals surface area contributed by atoms with E-state index < -0.39 is 0 Å². The first-order valence-electron chi connectivity index (χ1n) is 9.18. The van der Waals surface area contributed by atoms with Crippen LogP contribution < -0.4 is 0 Å². The van der Waals surface area contributed by atoms with Gasteiger partial charge in [0.25, 0.3) is 0 Å². The van der Waals surface area contributed by atoms with Gasteiger partial charge in [-0.1, -0.05) is 0 Å². The average Bonchev–Trinajstić information content (AvgIpc) is 2.65. The molecule has 9 nitrogen and oxygen atoms in total. The summed E-state index contributed by atoms with van der Waals surface area (Å²) in [4.78, 5) is 0. The lowest BCUT2D eigenvalue weighted by Crippen LogP contribution is -2.28. The zero-order valence-corrected chi connectivity index (χ0v) is 15.7. The van der Waals surface area contributed by atoms with Crippen LogP contribution in [0.4, 0.5) is 0 Å². The fourth-order valence-electron chi connectivity index (χ4n) is 1.87. The predicted molar refractivity (Wildman–Crippen MR) is 94.3 cm³/mol. The predicted octanol–water partition coefficient (Wildman–Crippen LogP) is -0.788. The Labute approximate surface area is 156 Å². The molecule has 9 heteroatoms. The molecule has 0 bridgehead atoms. The van der Waals surface area contributed by atoms with E-state index in [0.717, 1.165) is 12.8 Å². The lowest BCUT2D eigenvalue weighted by Gasteiger charge is -2.18. The van der Waals surface area contributed by atoms with Crippen molar-refractivity contribution in [3.63, 3.8) is 0 Å². The molecule has 0 heterocycles. The molecule has 0 aromatic carbocycles. The van der Waals surface area contributed by atoms with Gasteiger partial charge in [0.2, 0.25) is 0 Å². The van der Waals surface area contributed by atoms with E-state index in [2.05, 4.69) is 0 Å². The summed E-state index contributed by atoms with van der Waals surface area (Å²) in [5.74, 6) is 0. The summed E-state index contributed by atoms with van der Waals surface area (Å²) in [6, 6.07) is 0. The van der Waals surface area contributed by atoms with E-state index in [1.54, 1.807) is 0 Å². The molecule has 0 aromatic rings. The second-order valence-electron chi connectivity index (χ2n) is 5.36. The third kappa shape index (κ3) is 20.0. The van der Waals surface area contributed by atoms with Crippen molar-refractivity contribution in [2.24, 2.45) is 0 Å². The molecule has 1 unspecified atom stereocenters. The fraction of sp³-hybridized carbons (Fsp3) is 1.00. The molecule has 158 valence electrons. The van der Waals surface area contributed by atoms with Gasteiger partial charge in [-0.25, -0.2) is 0 Å². The van der Waals surface area contributed by atoms with Crippen LogP contribution in [0.2, 0.25) is 0 Å². The molecule has 0 saturated heterocycles. The maximum atomic E-state index is 8.64. The highest BCUT2D eigenvalue weighted by Crippen LogP contribution is 1.99. The van der Waals surface area contributed by atoms with Gasteiger partial charge in [0, 0.05) is 26.4 Å². The first-order valence-corrected chi connectivity index (χ1v) is 9.18. The van der Waals surface area contributed by atoms with Crippen LogP contribution in [0.15, 0.2) is 0 Å². The number of hydrogen-bond donors (Lipinski definition) is 3. The smallest absolute Gasteiger partial charge is 0.104 e. The summed E-state index contributed by atoms with van der Waals surface area (Å²) in [5.41, 5.74) is 0. The Balaban J connectivity index is 3.77. The van der Waals surface area contributed by atoms with E-state index >= 15 is 0 Å². The first-order chi connectivity index (χ1) is 12.8. The standard InChI is InChI=1S/C17H36O9/c18-3-10-21-6-1-8-24-15-17(16-25-14-13-23-12-5-20)26-9-2-7-22-11-4-19/h17-20H,1-16H2. The van der Waals surface area contributed by atoms with Gasteiger partial charge in [0.05, 0.1) is 66.1 Å². The number of ether oxygens (including phenoxy) is 6. The molecule has 0 aromatic heterocycles. The van der Waals surface area contributed by atoms with E-state index in [1.807, 2.05) is 0 Å². The summed E-state index contributed by atoms with van der Waals surface area (Å²) in [7, 11) is 0. The lowest BCUT2D eigenvalue weighted by molar-refractivity contribution is -0.0729. The molecule has 0 saturated carbocycles. The van der Waals surface area contributed by atoms with Gasteiger partial charge in [0.15, 0.2) is 0 Å². The van der Waals surface area contributed by atoms with Crippen molar-refractivity contribution in [3.05, 3.63) is 0 Å². The Morgan fingerprint density at radius 1 is 0.462 bits per heavy atom. The van der Waals surface area contributed by atoms with Crippen molar-refractivity contribution >= 4 is 0 Å². The molecule has 0 amide bonds. The van der Waals surface area contributed by atoms with Gasteiger partial charge in [-0.05, 0) is 12.8 Å². The molecule has 0 rings (SSSR count). The summed E-state index contributed by atoms with van der Waals surface area (Å²) < 4.78 is 32.3. The molecule has 1 atom stereocenters. The highest BCUT2D eigenvalue weighted by Gasteiger charge is 2.10. The SMILES string of the molecule is OCCOCCCOCC(COCCOCCO)OCCCOCCO. The minimum absolute atomic E-state index is 0.0000524. The number of rotatable bonds is 22. The van der Waals surface area contributed by atoms with Crippen LogP contribution in [-0.2, 0) is 28.4 Å². The maximum Gasteiger partial charge on any atom is 0.104 e. The Hall–Kier alpha value is -0.360. The van der Waals surface area contributed by atoms with Crippen LogP contribution in [0.5, 0.6) is 0 Å².